The van der Waals surface area contributed by atoms with Crippen molar-refractivity contribution >= 4 is 6.29 Å². The molecule has 0 aromatic heterocycles. The van der Waals surface area contributed by atoms with Gasteiger partial charge in [0.2, 0.25) is 0 Å². The molecule has 136 valence electrons. The molecular formula is C11H26O11. The van der Waals surface area contributed by atoms with Gasteiger partial charge in [-0.2, -0.15) is 0 Å². The molecule has 0 heterocycles. The number of hydrogen-bond acceptors (Lipinski definition) is 11. The Hall–Kier alpha value is -0.730. The number of aliphatic hydroxyl groups excluding tert-OH is 10. The van der Waals surface area contributed by atoms with Gasteiger partial charge in [-0.15, -0.1) is 0 Å². The van der Waals surface area contributed by atoms with Crippen LogP contribution in [0.5, 0.6) is 0 Å². The van der Waals surface area contributed by atoms with E-state index in [4.69, 9.17) is 51.1 Å². The van der Waals surface area contributed by atoms with Crippen molar-refractivity contribution in [2.75, 3.05) is 33.0 Å². The van der Waals surface area contributed by atoms with E-state index in [9.17, 15) is 4.79 Å². The number of aliphatic hydroxyl groups is 10. The number of hydrogen-bond donors (Lipinski definition) is 10. The molecule has 0 aromatic carbocycles. The summed E-state index contributed by atoms with van der Waals surface area (Å²) in [6.07, 6.45) is -6.54. The molecule has 0 saturated carbocycles. The molecule has 0 aliphatic carbocycles. The van der Waals surface area contributed by atoms with E-state index in [-0.39, 0.29) is 32.7 Å². The van der Waals surface area contributed by atoms with Gasteiger partial charge in [-0.1, -0.05) is 0 Å². The van der Waals surface area contributed by atoms with Gasteiger partial charge in [0.05, 0.1) is 33.0 Å². The van der Waals surface area contributed by atoms with Crippen molar-refractivity contribution in [2.45, 2.75) is 30.5 Å². The fourth-order valence-corrected chi connectivity index (χ4v) is 0.532. The van der Waals surface area contributed by atoms with Crippen LogP contribution in [0.15, 0.2) is 0 Å². The third kappa shape index (κ3) is 17.3. The molecule has 0 rings (SSSR count). The minimum Gasteiger partial charge on any atom is -0.394 e. The van der Waals surface area contributed by atoms with Gasteiger partial charge in [0, 0.05) is 0 Å². The molecule has 22 heavy (non-hydrogen) atoms. The van der Waals surface area contributed by atoms with Gasteiger partial charge in [-0.05, 0) is 0 Å². The molecule has 0 unspecified atom stereocenters. The highest BCUT2D eigenvalue weighted by Crippen LogP contribution is 1.96. The molecule has 11 nitrogen and oxygen atoms in total. The molecule has 0 amide bonds. The monoisotopic (exact) mass is 334 g/mol. The normalized spacial score (nSPS) is 14.4. The molecule has 0 bridgehead atoms. The van der Waals surface area contributed by atoms with Crippen molar-refractivity contribution in [2.24, 2.45) is 0 Å². The van der Waals surface area contributed by atoms with Gasteiger partial charge in [0.25, 0.3) is 0 Å². The largest absolute Gasteiger partial charge is 0.394 e. The van der Waals surface area contributed by atoms with Gasteiger partial charge in [0.15, 0.2) is 6.29 Å². The standard InChI is InChI=1S/C5H10O5.2C3H8O3/c6-1-3(8)5(10)4(9)2-7;2*4-1-3(6)2-5/h1,3-5,7-10H,2H2;2*3-6H,1-2H2/t3-,4+,5+;;/m0../s1. The van der Waals surface area contributed by atoms with Crippen molar-refractivity contribution in [1.82, 2.24) is 0 Å². The summed E-state index contributed by atoms with van der Waals surface area (Å²) >= 11 is 0. The Morgan fingerprint density at radius 2 is 0.955 bits per heavy atom. The molecule has 0 saturated heterocycles. The highest BCUT2D eigenvalue weighted by atomic mass is 16.4. The second-order valence-corrected chi connectivity index (χ2v) is 3.91. The van der Waals surface area contributed by atoms with Crippen LogP contribution in [0.25, 0.3) is 0 Å². The van der Waals surface area contributed by atoms with E-state index < -0.39 is 37.1 Å². The lowest BCUT2D eigenvalue weighted by molar-refractivity contribution is -0.127. The van der Waals surface area contributed by atoms with Crippen LogP contribution >= 0.6 is 0 Å². The highest BCUT2D eigenvalue weighted by Gasteiger charge is 2.22. The highest BCUT2D eigenvalue weighted by molar-refractivity contribution is 5.56. The predicted molar refractivity (Wildman–Crippen MR) is 71.5 cm³/mol. The van der Waals surface area contributed by atoms with Crippen molar-refractivity contribution in [3.05, 3.63) is 0 Å². The number of carbonyl (C=O) groups is 1. The van der Waals surface area contributed by atoms with E-state index in [0.29, 0.717) is 0 Å². The van der Waals surface area contributed by atoms with Gasteiger partial charge in [-0.3, -0.25) is 0 Å². The number of rotatable bonds is 8. The van der Waals surface area contributed by atoms with E-state index in [0.717, 1.165) is 0 Å². The third-order valence-electron chi connectivity index (χ3n) is 1.91. The van der Waals surface area contributed by atoms with Crippen molar-refractivity contribution in [1.29, 1.82) is 0 Å². The Balaban J connectivity index is -0.000000261. The lowest BCUT2D eigenvalue weighted by Crippen LogP contribution is -2.40. The molecule has 3 atom stereocenters. The van der Waals surface area contributed by atoms with E-state index in [1.54, 1.807) is 0 Å². The topological polar surface area (TPSA) is 219 Å². The van der Waals surface area contributed by atoms with Crippen molar-refractivity contribution in [3.63, 3.8) is 0 Å². The first kappa shape index (κ1) is 26.2. The molecular weight excluding hydrogens is 308 g/mol. The van der Waals surface area contributed by atoms with E-state index in [1.807, 2.05) is 0 Å². The summed E-state index contributed by atoms with van der Waals surface area (Å²) < 4.78 is 0. The Bertz CT molecular complexity index is 210. The summed E-state index contributed by atoms with van der Waals surface area (Å²) in [5.74, 6) is 0. The Morgan fingerprint density at radius 3 is 1.09 bits per heavy atom. The predicted octanol–water partition coefficient (Wildman–Crippen LogP) is -6.08. The summed E-state index contributed by atoms with van der Waals surface area (Å²) in [7, 11) is 0. The first-order chi connectivity index (χ1) is 10.2. The molecule has 0 aliphatic rings. The maximum Gasteiger partial charge on any atom is 0.151 e. The van der Waals surface area contributed by atoms with Crippen LogP contribution in [0.1, 0.15) is 0 Å². The quantitative estimate of drug-likeness (QED) is 0.188. The van der Waals surface area contributed by atoms with Crippen LogP contribution in [0.3, 0.4) is 0 Å². The maximum absolute atomic E-state index is 9.76. The molecule has 0 aromatic rings. The summed E-state index contributed by atoms with van der Waals surface area (Å²) in [4.78, 5) is 9.76. The van der Waals surface area contributed by atoms with Crippen molar-refractivity contribution < 1.29 is 55.9 Å². The Labute approximate surface area is 127 Å². The number of carbonyl (C=O) groups excluding carboxylic acids is 1. The van der Waals surface area contributed by atoms with Crippen LogP contribution in [0.4, 0.5) is 0 Å². The van der Waals surface area contributed by atoms with Gasteiger partial charge in [-0.25, -0.2) is 0 Å². The average Bonchev–Trinajstić information content (AvgIpc) is 2.58. The lowest BCUT2D eigenvalue weighted by Gasteiger charge is -2.16. The molecule has 11 heteroatoms. The number of aldehydes is 1. The van der Waals surface area contributed by atoms with E-state index in [2.05, 4.69) is 0 Å². The minimum atomic E-state index is -1.64. The van der Waals surface area contributed by atoms with Crippen LogP contribution < -0.4 is 0 Å². The fourth-order valence-electron chi connectivity index (χ4n) is 0.532. The van der Waals surface area contributed by atoms with E-state index in [1.165, 1.54) is 0 Å². The van der Waals surface area contributed by atoms with Gasteiger partial charge >= 0.3 is 0 Å². The van der Waals surface area contributed by atoms with E-state index >= 15 is 0 Å². The molecule has 10 N–H and O–H groups in total. The zero-order valence-corrected chi connectivity index (χ0v) is 11.9. The van der Waals surface area contributed by atoms with Crippen LogP contribution in [0, 0.1) is 0 Å². The van der Waals surface area contributed by atoms with Crippen LogP contribution in [-0.4, -0.2) is 121 Å². The summed E-state index contributed by atoms with van der Waals surface area (Å²) in [6, 6.07) is 0. The van der Waals surface area contributed by atoms with Crippen LogP contribution in [0.2, 0.25) is 0 Å². The zero-order chi connectivity index (χ0) is 18.1. The van der Waals surface area contributed by atoms with Gasteiger partial charge < -0.3 is 55.9 Å². The van der Waals surface area contributed by atoms with Gasteiger partial charge in [0.1, 0.15) is 30.5 Å². The minimum absolute atomic E-state index is 0.0869. The Morgan fingerprint density at radius 1 is 0.636 bits per heavy atom. The molecule has 0 radical (unpaired) electrons. The second-order valence-electron chi connectivity index (χ2n) is 3.91. The average molecular weight is 334 g/mol. The fraction of sp³-hybridized carbons (Fsp3) is 0.909. The molecule has 0 fully saturated rings. The summed E-state index contributed by atoms with van der Waals surface area (Å²) in [6.45, 7) is -2.15. The SMILES string of the molecule is O=C[C@H](O)[C@@H](O)[C@H](O)CO.OCC(O)CO.OCC(O)CO. The lowest BCUT2D eigenvalue weighted by atomic mass is 10.1. The Kier molecular flexibility index (Phi) is 21.8. The first-order valence-electron chi connectivity index (χ1n) is 6.15. The summed E-state index contributed by atoms with van der Waals surface area (Å²) in [5.41, 5.74) is 0. The first-order valence-corrected chi connectivity index (χ1v) is 6.15. The molecule has 0 aliphatic heterocycles. The maximum atomic E-state index is 9.76. The smallest absolute Gasteiger partial charge is 0.151 e. The zero-order valence-electron chi connectivity index (χ0n) is 11.9. The summed E-state index contributed by atoms with van der Waals surface area (Å²) in [5, 5.41) is 82.1. The second kappa shape index (κ2) is 18.3. The molecule has 0 spiro atoms. The third-order valence-corrected chi connectivity index (χ3v) is 1.91. The van der Waals surface area contributed by atoms with Crippen molar-refractivity contribution in [3.8, 4) is 0 Å². The van der Waals surface area contributed by atoms with Crippen LogP contribution in [-0.2, 0) is 4.79 Å².